The summed E-state index contributed by atoms with van der Waals surface area (Å²) in [7, 11) is 2.12. The van der Waals surface area contributed by atoms with E-state index in [0.29, 0.717) is 31.3 Å². The molecule has 0 spiro atoms. The Bertz CT molecular complexity index is 773. The Balaban J connectivity index is 0.000000858. The lowest BCUT2D eigenvalue weighted by Gasteiger charge is -2.44. The molecule has 2 N–H and O–H groups in total. The van der Waals surface area contributed by atoms with Crippen LogP contribution < -0.4 is 0 Å². The normalized spacial score (nSPS) is 29.1. The summed E-state index contributed by atoms with van der Waals surface area (Å²) in [5.74, 6) is -1.35. The van der Waals surface area contributed by atoms with Gasteiger partial charge in [0.15, 0.2) is 11.6 Å². The molecule has 3 fully saturated rings. The zero-order valence-electron chi connectivity index (χ0n) is 17.8. The number of rotatable bonds is 3. The number of halogens is 2. The highest BCUT2D eigenvalue weighted by Crippen LogP contribution is 2.38. The molecule has 0 radical (unpaired) electrons. The monoisotopic (exact) mass is 439 g/mol. The van der Waals surface area contributed by atoms with Crippen LogP contribution in [0.25, 0.3) is 0 Å². The SMILES string of the molecule is CN1CCN([C@@H]2C[C@@H]3CN(C(=O)Cc4cccc(F)c4F)C[C@@H]3C[C@H]2O)CC1.O=CO. The van der Waals surface area contributed by atoms with Gasteiger partial charge in [-0.2, -0.15) is 0 Å². The number of likely N-dealkylation sites (tertiary alicyclic amines) is 1. The quantitative estimate of drug-likeness (QED) is 0.685. The number of carboxylic acid groups (broad SMARTS) is 1. The van der Waals surface area contributed by atoms with Gasteiger partial charge in [0.05, 0.1) is 12.5 Å². The van der Waals surface area contributed by atoms with Gasteiger partial charge in [0.25, 0.3) is 6.47 Å². The second-order valence-electron chi connectivity index (χ2n) is 8.76. The van der Waals surface area contributed by atoms with Gasteiger partial charge < -0.3 is 20.0 Å². The van der Waals surface area contributed by atoms with Crippen LogP contribution in [0.3, 0.4) is 0 Å². The van der Waals surface area contributed by atoms with Crippen molar-refractivity contribution < 1.29 is 28.6 Å². The van der Waals surface area contributed by atoms with E-state index in [2.05, 4.69) is 16.8 Å². The van der Waals surface area contributed by atoms with Gasteiger partial charge in [0, 0.05) is 50.9 Å². The minimum Gasteiger partial charge on any atom is -0.483 e. The van der Waals surface area contributed by atoms with Crippen LogP contribution >= 0.6 is 0 Å². The summed E-state index contributed by atoms with van der Waals surface area (Å²) in [5.41, 5.74) is 0.107. The molecule has 1 saturated carbocycles. The lowest BCUT2D eigenvalue weighted by molar-refractivity contribution is -0.129. The zero-order chi connectivity index (χ0) is 22.5. The Morgan fingerprint density at radius 1 is 1.13 bits per heavy atom. The van der Waals surface area contributed by atoms with Gasteiger partial charge in [0.1, 0.15) is 0 Å². The molecule has 7 nitrogen and oxygen atoms in total. The van der Waals surface area contributed by atoms with Gasteiger partial charge in [-0.3, -0.25) is 14.5 Å². The first kappa shape index (κ1) is 23.6. The molecule has 4 rings (SSSR count). The first-order valence-corrected chi connectivity index (χ1v) is 10.7. The number of hydrogen-bond acceptors (Lipinski definition) is 5. The van der Waals surface area contributed by atoms with Gasteiger partial charge >= 0.3 is 0 Å². The van der Waals surface area contributed by atoms with Gasteiger partial charge in [-0.05, 0) is 37.8 Å². The van der Waals surface area contributed by atoms with E-state index in [0.717, 1.165) is 38.7 Å². The highest BCUT2D eigenvalue weighted by Gasteiger charge is 2.44. The number of amides is 1. The topological polar surface area (TPSA) is 84.3 Å². The van der Waals surface area contributed by atoms with Crippen molar-refractivity contribution >= 4 is 12.4 Å². The van der Waals surface area contributed by atoms with Crippen LogP contribution in [0.5, 0.6) is 0 Å². The maximum atomic E-state index is 13.9. The van der Waals surface area contributed by atoms with Crippen molar-refractivity contribution in [3.05, 3.63) is 35.4 Å². The number of benzene rings is 1. The molecule has 2 saturated heterocycles. The van der Waals surface area contributed by atoms with Crippen molar-refractivity contribution in [3.8, 4) is 0 Å². The van der Waals surface area contributed by atoms with Gasteiger partial charge in [-0.25, -0.2) is 8.78 Å². The molecule has 0 unspecified atom stereocenters. The minimum absolute atomic E-state index is 0.107. The van der Waals surface area contributed by atoms with Crippen molar-refractivity contribution in [2.45, 2.75) is 31.4 Å². The number of nitrogens with zero attached hydrogens (tertiary/aromatic N) is 3. The van der Waals surface area contributed by atoms with E-state index in [1.807, 2.05) is 0 Å². The van der Waals surface area contributed by atoms with E-state index < -0.39 is 11.6 Å². The molecule has 4 atom stereocenters. The summed E-state index contributed by atoms with van der Waals surface area (Å²) < 4.78 is 27.3. The van der Waals surface area contributed by atoms with E-state index in [1.54, 1.807) is 4.90 Å². The van der Waals surface area contributed by atoms with Crippen LogP contribution in [-0.2, 0) is 16.0 Å². The van der Waals surface area contributed by atoms with E-state index >= 15 is 0 Å². The summed E-state index contributed by atoms with van der Waals surface area (Å²) in [5, 5.41) is 17.6. The van der Waals surface area contributed by atoms with Crippen molar-refractivity contribution in [1.29, 1.82) is 0 Å². The molecule has 9 heteroatoms. The Hall–Kier alpha value is -2.10. The molecule has 0 aromatic heterocycles. The van der Waals surface area contributed by atoms with E-state index in [-0.39, 0.29) is 36.5 Å². The standard InChI is InChI=1S/C21H29F2N3O2.CH2O2/c1-24-5-7-25(8-6-24)18-9-15-12-26(13-16(15)10-19(18)27)20(28)11-14-3-2-4-17(22)21(14)23;2-1-3/h2-4,15-16,18-19,27H,5-13H2,1H3;1H,(H,2,3)/t15-,16+,18-,19-;/m1./s1. The number of carbonyl (C=O) groups is 2. The Morgan fingerprint density at radius 3 is 2.39 bits per heavy atom. The number of likely N-dealkylation sites (N-methyl/N-ethyl adjacent to an activating group) is 1. The summed E-state index contributed by atoms with van der Waals surface area (Å²) in [6, 6.07) is 4.12. The molecule has 31 heavy (non-hydrogen) atoms. The summed E-state index contributed by atoms with van der Waals surface area (Å²) >= 11 is 0. The molecule has 1 amide bonds. The molecule has 172 valence electrons. The van der Waals surface area contributed by atoms with Crippen LogP contribution in [0, 0.1) is 23.5 Å². The molecular weight excluding hydrogens is 408 g/mol. The largest absolute Gasteiger partial charge is 0.483 e. The molecule has 2 aliphatic heterocycles. The number of aliphatic hydroxyl groups excluding tert-OH is 1. The van der Waals surface area contributed by atoms with Gasteiger partial charge in [0.2, 0.25) is 5.91 Å². The Morgan fingerprint density at radius 2 is 1.74 bits per heavy atom. The van der Waals surface area contributed by atoms with Crippen LogP contribution in [0.1, 0.15) is 18.4 Å². The number of carbonyl (C=O) groups excluding carboxylic acids is 1. The zero-order valence-corrected chi connectivity index (χ0v) is 17.8. The molecule has 1 aromatic carbocycles. The van der Waals surface area contributed by atoms with Crippen LogP contribution in [-0.4, -0.2) is 95.8 Å². The second kappa shape index (κ2) is 10.5. The van der Waals surface area contributed by atoms with E-state index in [4.69, 9.17) is 9.90 Å². The van der Waals surface area contributed by atoms with Crippen molar-refractivity contribution in [1.82, 2.24) is 14.7 Å². The minimum atomic E-state index is -0.932. The van der Waals surface area contributed by atoms with Gasteiger partial charge in [-0.15, -0.1) is 0 Å². The maximum Gasteiger partial charge on any atom is 0.290 e. The Labute approximate surface area is 181 Å². The highest BCUT2D eigenvalue weighted by molar-refractivity contribution is 5.79. The third-order valence-electron chi connectivity index (χ3n) is 6.84. The molecular formula is C22H31F2N3O4. The van der Waals surface area contributed by atoms with Crippen molar-refractivity contribution in [3.63, 3.8) is 0 Å². The lowest BCUT2D eigenvalue weighted by Crippen LogP contribution is -2.55. The summed E-state index contributed by atoms with van der Waals surface area (Å²) in [4.78, 5) is 27.5. The van der Waals surface area contributed by atoms with Gasteiger partial charge in [-0.1, -0.05) is 12.1 Å². The highest BCUT2D eigenvalue weighted by atomic mass is 19.2. The molecule has 1 aliphatic carbocycles. The first-order valence-electron chi connectivity index (χ1n) is 10.7. The van der Waals surface area contributed by atoms with Crippen molar-refractivity contribution in [2.24, 2.45) is 11.8 Å². The van der Waals surface area contributed by atoms with Crippen molar-refractivity contribution in [2.75, 3.05) is 46.3 Å². The smallest absolute Gasteiger partial charge is 0.290 e. The number of hydrogen-bond donors (Lipinski definition) is 2. The summed E-state index contributed by atoms with van der Waals surface area (Å²) in [6.07, 6.45) is 1.13. The fourth-order valence-corrected chi connectivity index (χ4v) is 5.12. The van der Waals surface area contributed by atoms with Crippen LogP contribution in [0.2, 0.25) is 0 Å². The average Bonchev–Trinajstić information content (AvgIpc) is 3.15. The fraction of sp³-hybridized carbons (Fsp3) is 0.636. The first-order chi connectivity index (χ1) is 14.8. The molecule has 3 aliphatic rings. The summed E-state index contributed by atoms with van der Waals surface area (Å²) in [6.45, 7) is 4.97. The number of piperazine rings is 1. The predicted octanol–water partition coefficient (Wildman–Crippen LogP) is 1.05. The lowest BCUT2D eigenvalue weighted by atomic mass is 9.77. The molecule has 0 bridgehead atoms. The Kier molecular flexibility index (Phi) is 7.96. The number of fused-ring (bicyclic) bond motifs is 1. The third-order valence-corrected chi connectivity index (χ3v) is 6.84. The predicted molar refractivity (Wildman–Crippen MR) is 110 cm³/mol. The van der Waals surface area contributed by atoms with Crippen LogP contribution in [0.4, 0.5) is 8.78 Å². The third kappa shape index (κ3) is 5.58. The maximum absolute atomic E-state index is 13.9. The van der Waals surface area contributed by atoms with E-state index in [1.165, 1.54) is 12.1 Å². The second-order valence-corrected chi connectivity index (χ2v) is 8.76. The van der Waals surface area contributed by atoms with E-state index in [9.17, 15) is 18.7 Å². The number of aliphatic hydroxyl groups is 1. The molecule has 1 aromatic rings. The average molecular weight is 440 g/mol. The molecule has 2 heterocycles. The fourth-order valence-electron chi connectivity index (χ4n) is 5.12. The van der Waals surface area contributed by atoms with Crippen LogP contribution in [0.15, 0.2) is 18.2 Å².